The molecule has 0 spiro atoms. The Morgan fingerprint density at radius 2 is 1.63 bits per heavy atom. The van der Waals surface area contributed by atoms with E-state index < -0.39 is 11.7 Å². The lowest BCUT2D eigenvalue weighted by Gasteiger charge is -2.38. The first-order valence-electron chi connectivity index (χ1n) is 9.68. The molecule has 1 fully saturated rings. The van der Waals surface area contributed by atoms with Crippen LogP contribution in [-0.4, -0.2) is 29.8 Å². The Balaban J connectivity index is 1.68. The topological polar surface area (TPSA) is 56.3 Å². The Labute approximate surface area is 171 Å². The molecule has 0 bridgehead atoms. The average Bonchev–Trinajstić information content (AvgIpc) is 2.70. The second-order valence-corrected chi connectivity index (χ2v) is 8.18. The molecular weight excluding hydrogens is 395 g/mol. The van der Waals surface area contributed by atoms with Crippen molar-refractivity contribution in [1.82, 2.24) is 4.98 Å². The van der Waals surface area contributed by atoms with Crippen molar-refractivity contribution in [2.75, 3.05) is 13.2 Å². The molecule has 0 amide bonds. The lowest BCUT2D eigenvalue weighted by Crippen LogP contribution is -2.40. The van der Waals surface area contributed by atoms with Crippen molar-refractivity contribution in [2.45, 2.75) is 32.4 Å². The first kappa shape index (κ1) is 20.5. The molecule has 0 radical (unpaired) electrons. The number of pyridine rings is 1. The zero-order chi connectivity index (χ0) is 21.5. The predicted molar refractivity (Wildman–Crippen MR) is 103 cm³/mol. The Kier molecular flexibility index (Phi) is 5.10. The number of carbonyl (C=O) groups is 2. The van der Waals surface area contributed by atoms with E-state index in [1.165, 1.54) is 6.07 Å². The van der Waals surface area contributed by atoms with Gasteiger partial charge in [-0.05, 0) is 25.0 Å². The molecule has 4 rings (SSSR count). The van der Waals surface area contributed by atoms with Crippen LogP contribution >= 0.6 is 0 Å². The highest BCUT2D eigenvalue weighted by molar-refractivity contribution is 6.27. The fourth-order valence-corrected chi connectivity index (χ4v) is 3.83. The van der Waals surface area contributed by atoms with Crippen molar-refractivity contribution in [2.24, 2.45) is 5.41 Å². The molecule has 1 aromatic carbocycles. The SMILES string of the molecule is CC1(CCC2=C(Cc3ccc(C(F)(F)F)cn3)C(=O)c3ccccc3C2=O)COC1. The van der Waals surface area contributed by atoms with E-state index in [1.807, 2.05) is 0 Å². The van der Waals surface area contributed by atoms with E-state index in [0.717, 1.165) is 12.3 Å². The number of carbonyl (C=O) groups excluding carboxylic acids is 2. The molecule has 156 valence electrons. The molecule has 1 saturated heterocycles. The van der Waals surface area contributed by atoms with Crippen LogP contribution in [-0.2, 0) is 17.3 Å². The number of allylic oxidation sites excluding steroid dienone is 2. The van der Waals surface area contributed by atoms with Gasteiger partial charge in [0.25, 0.3) is 0 Å². The minimum Gasteiger partial charge on any atom is -0.380 e. The smallest absolute Gasteiger partial charge is 0.380 e. The van der Waals surface area contributed by atoms with Crippen LogP contribution in [0.2, 0.25) is 0 Å². The van der Waals surface area contributed by atoms with E-state index in [-0.39, 0.29) is 23.4 Å². The van der Waals surface area contributed by atoms with Crippen molar-refractivity contribution < 1.29 is 27.5 Å². The van der Waals surface area contributed by atoms with Gasteiger partial charge in [-0.3, -0.25) is 14.6 Å². The lowest BCUT2D eigenvalue weighted by atomic mass is 9.76. The maximum absolute atomic E-state index is 13.2. The number of nitrogens with zero attached hydrogens (tertiary/aromatic N) is 1. The second-order valence-electron chi connectivity index (χ2n) is 8.18. The summed E-state index contributed by atoms with van der Waals surface area (Å²) in [7, 11) is 0. The van der Waals surface area contributed by atoms with Gasteiger partial charge in [-0.15, -0.1) is 0 Å². The van der Waals surface area contributed by atoms with Crippen molar-refractivity contribution in [3.8, 4) is 0 Å². The van der Waals surface area contributed by atoms with E-state index in [0.29, 0.717) is 54.0 Å². The standard InChI is InChI=1S/C23H20F3NO3/c1-22(12-30-13-22)9-8-18-19(10-15-7-6-14(11-27-15)23(24,25)26)21(29)17-5-3-2-4-16(17)20(18)28/h2-7,11H,8-10,12-13H2,1H3. The zero-order valence-electron chi connectivity index (χ0n) is 16.4. The van der Waals surface area contributed by atoms with Crippen LogP contribution in [0.25, 0.3) is 0 Å². The van der Waals surface area contributed by atoms with Crippen molar-refractivity contribution in [1.29, 1.82) is 0 Å². The molecule has 0 atom stereocenters. The summed E-state index contributed by atoms with van der Waals surface area (Å²) >= 11 is 0. The van der Waals surface area contributed by atoms with Crippen LogP contribution in [0.4, 0.5) is 13.2 Å². The molecular formula is C23H20F3NO3. The Hall–Kier alpha value is -2.80. The van der Waals surface area contributed by atoms with Crippen LogP contribution in [0.5, 0.6) is 0 Å². The number of ether oxygens (including phenoxy) is 1. The van der Waals surface area contributed by atoms with Gasteiger partial charge in [0.15, 0.2) is 11.6 Å². The van der Waals surface area contributed by atoms with E-state index >= 15 is 0 Å². The number of benzene rings is 1. The van der Waals surface area contributed by atoms with Gasteiger partial charge in [0.2, 0.25) is 0 Å². The molecule has 4 nitrogen and oxygen atoms in total. The monoisotopic (exact) mass is 415 g/mol. The van der Waals surface area contributed by atoms with Crippen LogP contribution < -0.4 is 0 Å². The van der Waals surface area contributed by atoms with Crippen molar-refractivity contribution in [3.63, 3.8) is 0 Å². The van der Waals surface area contributed by atoms with Gasteiger partial charge in [-0.1, -0.05) is 31.2 Å². The first-order valence-corrected chi connectivity index (χ1v) is 9.68. The summed E-state index contributed by atoms with van der Waals surface area (Å²) in [6, 6.07) is 8.84. The number of halogens is 3. The highest BCUT2D eigenvalue weighted by atomic mass is 19.4. The number of aromatic nitrogens is 1. The Morgan fingerprint density at radius 3 is 2.13 bits per heavy atom. The van der Waals surface area contributed by atoms with Crippen molar-refractivity contribution >= 4 is 11.6 Å². The van der Waals surface area contributed by atoms with Gasteiger partial charge >= 0.3 is 6.18 Å². The largest absolute Gasteiger partial charge is 0.417 e. The third-order valence-electron chi connectivity index (χ3n) is 5.72. The first-order chi connectivity index (χ1) is 14.2. The summed E-state index contributed by atoms with van der Waals surface area (Å²) in [5.41, 5.74) is 0.862. The maximum atomic E-state index is 13.2. The number of fused-ring (bicyclic) bond motifs is 1. The predicted octanol–water partition coefficient (Wildman–Crippen LogP) is 4.84. The number of rotatable bonds is 5. The molecule has 1 aromatic heterocycles. The van der Waals surface area contributed by atoms with Crippen LogP contribution in [0.1, 0.15) is 51.7 Å². The Bertz CT molecular complexity index is 1030. The molecule has 7 heteroatoms. The molecule has 2 aromatic rings. The van der Waals surface area contributed by atoms with Crippen LogP contribution in [0.15, 0.2) is 53.7 Å². The Morgan fingerprint density at radius 1 is 1.00 bits per heavy atom. The number of alkyl halides is 3. The maximum Gasteiger partial charge on any atom is 0.417 e. The average molecular weight is 415 g/mol. The minimum atomic E-state index is -4.48. The zero-order valence-corrected chi connectivity index (χ0v) is 16.4. The van der Waals surface area contributed by atoms with Crippen LogP contribution in [0.3, 0.4) is 0 Å². The summed E-state index contributed by atoms with van der Waals surface area (Å²) in [4.78, 5) is 30.2. The highest BCUT2D eigenvalue weighted by Gasteiger charge is 2.37. The van der Waals surface area contributed by atoms with E-state index in [4.69, 9.17) is 4.74 Å². The van der Waals surface area contributed by atoms with Gasteiger partial charge in [0, 0.05) is 46.0 Å². The number of hydrogen-bond acceptors (Lipinski definition) is 4. The molecule has 1 aliphatic heterocycles. The third kappa shape index (κ3) is 3.81. The summed E-state index contributed by atoms with van der Waals surface area (Å²) in [6.07, 6.45) is -2.61. The van der Waals surface area contributed by atoms with E-state index in [9.17, 15) is 22.8 Å². The molecule has 30 heavy (non-hydrogen) atoms. The van der Waals surface area contributed by atoms with Gasteiger partial charge < -0.3 is 4.74 Å². The minimum absolute atomic E-state index is 0.0135. The van der Waals surface area contributed by atoms with E-state index in [2.05, 4.69) is 11.9 Å². The normalized spacial score (nSPS) is 18.3. The van der Waals surface area contributed by atoms with Gasteiger partial charge in [-0.25, -0.2) is 0 Å². The fraction of sp³-hybridized carbons (Fsp3) is 0.348. The van der Waals surface area contributed by atoms with Gasteiger partial charge in [0.05, 0.1) is 18.8 Å². The molecule has 2 aliphatic rings. The molecule has 0 N–H and O–H groups in total. The fourth-order valence-electron chi connectivity index (χ4n) is 3.83. The highest BCUT2D eigenvalue weighted by Crippen LogP contribution is 2.37. The summed E-state index contributed by atoms with van der Waals surface area (Å²) in [5, 5.41) is 0. The second kappa shape index (κ2) is 7.47. The van der Waals surface area contributed by atoms with Crippen molar-refractivity contribution in [3.05, 3.63) is 76.1 Å². The number of hydrogen-bond donors (Lipinski definition) is 0. The summed E-state index contributed by atoms with van der Waals surface area (Å²) in [5.74, 6) is -0.465. The van der Waals surface area contributed by atoms with E-state index in [1.54, 1.807) is 24.3 Å². The quantitative estimate of drug-likeness (QED) is 0.702. The van der Waals surface area contributed by atoms with Crippen LogP contribution in [0, 0.1) is 5.41 Å². The summed E-state index contributed by atoms with van der Waals surface area (Å²) in [6.45, 7) is 3.28. The number of ketones is 2. The molecule has 0 unspecified atom stereocenters. The van der Waals surface area contributed by atoms with Gasteiger partial charge in [-0.2, -0.15) is 13.2 Å². The lowest BCUT2D eigenvalue weighted by molar-refractivity contribution is -0.137. The molecule has 0 saturated carbocycles. The number of Topliss-reactive ketones (excluding diaryl/α,β-unsaturated/α-hetero) is 2. The molecule has 1 aliphatic carbocycles. The molecule has 2 heterocycles. The third-order valence-corrected chi connectivity index (χ3v) is 5.72. The van der Waals surface area contributed by atoms with Gasteiger partial charge in [0.1, 0.15) is 0 Å². The summed E-state index contributed by atoms with van der Waals surface area (Å²) < 4.78 is 43.7.